The van der Waals surface area contributed by atoms with Crippen LogP contribution in [0.4, 0.5) is 43.9 Å². The largest absolute Gasteiger partial charge is 0.378 e. The maximum absolute atomic E-state index is 14.4. The highest BCUT2D eigenvalue weighted by atomic mass is 33.1. The summed E-state index contributed by atoms with van der Waals surface area (Å²) < 4.78 is 139. The Morgan fingerprint density at radius 3 is 0.952 bits per heavy atom. The van der Waals surface area contributed by atoms with E-state index in [1.807, 2.05) is 0 Å². The molecule has 0 heterocycles. The van der Waals surface area contributed by atoms with E-state index >= 15 is 0 Å². The molecule has 0 atom stereocenters. The van der Waals surface area contributed by atoms with E-state index < -0.39 is 115 Å². The topological polar surface area (TPSA) is 92.3 Å². The molecule has 0 aliphatic heterocycles. The summed E-state index contributed by atoms with van der Waals surface area (Å²) in [6, 6.07) is 0. The number of halogens is 10. The van der Waals surface area contributed by atoms with Gasteiger partial charge in [-0.1, -0.05) is 21.6 Å². The van der Waals surface area contributed by atoms with Gasteiger partial charge in [0.15, 0.2) is 58.2 Å². The molecule has 0 saturated heterocycles. The minimum Gasteiger partial charge on any atom is -0.378 e. The van der Waals surface area contributed by atoms with Gasteiger partial charge in [-0.3, -0.25) is 19.2 Å². The predicted octanol–water partition coefficient (Wildman–Crippen LogP) is 5.18. The molecule has 0 amide bonds. The van der Waals surface area contributed by atoms with E-state index in [1.54, 1.807) is 0 Å². The molecule has 2 aliphatic carbocycles. The Morgan fingerprint density at radius 1 is 0.405 bits per heavy atom. The summed E-state index contributed by atoms with van der Waals surface area (Å²) in [7, 11) is 1.99. The first-order valence-electron chi connectivity index (χ1n) is 11.2. The molecule has 2 aromatic carbocycles. The molecular weight excluding hydrogens is 634 g/mol. The third kappa shape index (κ3) is 4.95. The van der Waals surface area contributed by atoms with Crippen molar-refractivity contribution in [1.29, 1.82) is 0 Å². The van der Waals surface area contributed by atoms with E-state index in [4.69, 9.17) is 0 Å². The lowest BCUT2D eigenvalue weighted by molar-refractivity contribution is 0.0937. The third-order valence-electron chi connectivity index (χ3n) is 5.79. The van der Waals surface area contributed by atoms with Crippen molar-refractivity contribution in [2.24, 2.45) is 0 Å². The van der Waals surface area contributed by atoms with Gasteiger partial charge in [0.05, 0.1) is 22.3 Å². The van der Waals surface area contributed by atoms with Gasteiger partial charge in [-0.15, -0.1) is 0 Å². The molecule has 42 heavy (non-hydrogen) atoms. The second-order valence-electron chi connectivity index (χ2n) is 8.20. The molecule has 0 saturated carbocycles. The number of Topliss-reactive ketones (excluding diaryl/α,β-unsaturated/α-hetero) is 4. The smallest absolute Gasteiger partial charge is 0.227 e. The second-order valence-corrected chi connectivity index (χ2v) is 10.9. The van der Waals surface area contributed by atoms with Crippen LogP contribution in [-0.2, 0) is 0 Å². The van der Waals surface area contributed by atoms with Crippen LogP contribution in [0.1, 0.15) is 41.4 Å². The van der Waals surface area contributed by atoms with Gasteiger partial charge in [0.25, 0.3) is 0 Å². The number of carbonyl (C=O) groups excluding carboxylic acids is 4. The maximum atomic E-state index is 14.4. The van der Waals surface area contributed by atoms with E-state index in [9.17, 15) is 63.1 Å². The number of hydrogen-bond donors (Lipinski definition) is 2. The first-order valence-corrected chi connectivity index (χ1v) is 13.6. The van der Waals surface area contributed by atoms with E-state index in [1.165, 1.54) is 0 Å². The SMILES string of the molecule is O=C1C(F)=C(NCCSSCCNC2=C(F)C(=O)c3c(F)c(F)c(F)c(F)c3C2=O)C(=O)c2c(F)c(F)c(F)c(F)c21. The summed E-state index contributed by atoms with van der Waals surface area (Å²) in [5.41, 5.74) is -8.38. The number of carbonyl (C=O) groups is 4. The number of benzene rings is 2. The first kappa shape index (κ1) is 31.1. The van der Waals surface area contributed by atoms with E-state index in [2.05, 4.69) is 10.6 Å². The number of fused-ring (bicyclic) bond motifs is 2. The molecule has 2 aliphatic rings. The standard InChI is InChI=1S/C24H10F10N2O4S2/c25-9-5-7(11(27)15(31)13(9)29)23(39)19(17(33)21(5)37)35-1-3-41-42-4-2-36-20-18(34)22(38)6-8(24(20)40)12(28)16(32)14(30)10(6)26/h35-36H,1-4H2. The van der Waals surface area contributed by atoms with E-state index in [0.717, 1.165) is 21.6 Å². The molecule has 2 N–H and O–H groups in total. The molecule has 18 heteroatoms. The zero-order valence-corrected chi connectivity index (χ0v) is 21.7. The van der Waals surface area contributed by atoms with Gasteiger partial charge in [0.1, 0.15) is 11.4 Å². The van der Waals surface area contributed by atoms with Crippen LogP contribution in [0.5, 0.6) is 0 Å². The summed E-state index contributed by atoms with van der Waals surface area (Å²) in [5, 5.41) is 4.35. The average molecular weight is 644 g/mol. The molecule has 0 radical (unpaired) electrons. The lowest BCUT2D eigenvalue weighted by Gasteiger charge is -2.20. The summed E-state index contributed by atoms with van der Waals surface area (Å²) in [6.07, 6.45) is 0. The van der Waals surface area contributed by atoms with Crippen LogP contribution < -0.4 is 10.6 Å². The zero-order valence-electron chi connectivity index (χ0n) is 20.1. The monoisotopic (exact) mass is 644 g/mol. The normalized spacial score (nSPS) is 15.0. The van der Waals surface area contributed by atoms with Crippen LogP contribution in [0.25, 0.3) is 0 Å². The van der Waals surface area contributed by atoms with Gasteiger partial charge < -0.3 is 10.6 Å². The summed E-state index contributed by atoms with van der Waals surface area (Å²) in [6.45, 7) is -0.570. The lowest BCUT2D eigenvalue weighted by Crippen LogP contribution is -2.33. The van der Waals surface area contributed by atoms with Crippen molar-refractivity contribution in [1.82, 2.24) is 10.6 Å². The summed E-state index contributed by atoms with van der Waals surface area (Å²) >= 11 is 0. The van der Waals surface area contributed by atoms with Crippen molar-refractivity contribution < 1.29 is 63.1 Å². The summed E-state index contributed by atoms with van der Waals surface area (Å²) in [4.78, 5) is 48.9. The van der Waals surface area contributed by atoms with E-state index in [0.29, 0.717) is 0 Å². The van der Waals surface area contributed by atoms with Gasteiger partial charge in [-0.05, 0) is 0 Å². The van der Waals surface area contributed by atoms with Crippen LogP contribution in [0, 0.1) is 46.5 Å². The summed E-state index contributed by atoms with van der Waals surface area (Å²) in [5.74, 6) is -29.1. The average Bonchev–Trinajstić information content (AvgIpc) is 2.96. The van der Waals surface area contributed by atoms with Crippen LogP contribution in [0.2, 0.25) is 0 Å². The van der Waals surface area contributed by atoms with Gasteiger partial charge in [0, 0.05) is 24.6 Å². The number of allylic oxidation sites excluding steroid dienone is 4. The third-order valence-corrected chi connectivity index (χ3v) is 8.20. The number of ketones is 4. The van der Waals surface area contributed by atoms with Crippen molar-refractivity contribution in [2.45, 2.75) is 0 Å². The highest BCUT2D eigenvalue weighted by molar-refractivity contribution is 8.76. The van der Waals surface area contributed by atoms with Gasteiger partial charge in [-0.25, -0.2) is 43.9 Å². The van der Waals surface area contributed by atoms with Crippen LogP contribution in [-0.4, -0.2) is 47.7 Å². The zero-order chi connectivity index (χ0) is 31.2. The van der Waals surface area contributed by atoms with Crippen molar-refractivity contribution in [3.8, 4) is 0 Å². The maximum Gasteiger partial charge on any atom is 0.227 e. The van der Waals surface area contributed by atoms with Crippen molar-refractivity contribution >= 4 is 44.7 Å². The Labute approximate surface area is 235 Å². The number of rotatable bonds is 9. The highest BCUT2D eigenvalue weighted by Gasteiger charge is 2.42. The van der Waals surface area contributed by atoms with Crippen LogP contribution >= 0.6 is 21.6 Å². The Kier molecular flexibility index (Phi) is 8.77. The van der Waals surface area contributed by atoms with Crippen molar-refractivity contribution in [3.63, 3.8) is 0 Å². The lowest BCUT2D eigenvalue weighted by atomic mass is 9.90. The molecule has 0 aromatic heterocycles. The molecule has 0 fully saturated rings. The van der Waals surface area contributed by atoms with Crippen molar-refractivity contribution in [2.75, 3.05) is 24.6 Å². The number of hydrogen-bond acceptors (Lipinski definition) is 8. The fraction of sp³-hybridized carbons (Fsp3) is 0.167. The molecule has 4 rings (SSSR count). The molecule has 0 unspecified atom stereocenters. The molecule has 222 valence electrons. The molecular formula is C24H10F10N2O4S2. The van der Waals surface area contributed by atoms with Crippen LogP contribution in [0.15, 0.2) is 23.0 Å². The van der Waals surface area contributed by atoms with Gasteiger partial charge in [-0.2, -0.15) is 0 Å². The Bertz CT molecular complexity index is 1550. The Hall–Kier alpha value is -3.80. The van der Waals surface area contributed by atoms with Gasteiger partial charge in [0.2, 0.25) is 23.1 Å². The molecule has 2 aromatic rings. The Balaban J connectivity index is 1.31. The second kappa shape index (κ2) is 11.8. The minimum absolute atomic E-state index is 0.0155. The predicted molar refractivity (Wildman–Crippen MR) is 127 cm³/mol. The molecule has 0 bridgehead atoms. The van der Waals surface area contributed by atoms with Crippen molar-refractivity contribution in [3.05, 3.63) is 91.8 Å². The van der Waals surface area contributed by atoms with Gasteiger partial charge >= 0.3 is 0 Å². The Morgan fingerprint density at radius 2 is 0.667 bits per heavy atom. The minimum atomic E-state index is -2.40. The van der Waals surface area contributed by atoms with E-state index in [-0.39, 0.29) is 24.6 Å². The first-order chi connectivity index (χ1) is 19.7. The highest BCUT2D eigenvalue weighted by Crippen LogP contribution is 2.34. The fourth-order valence-electron chi connectivity index (χ4n) is 3.88. The number of nitrogens with one attached hydrogen (secondary N) is 2. The molecule has 0 spiro atoms. The molecule has 6 nitrogen and oxygen atoms in total. The quantitative estimate of drug-likeness (QED) is 0.127. The van der Waals surface area contributed by atoms with Crippen LogP contribution in [0.3, 0.4) is 0 Å². The fourth-order valence-corrected chi connectivity index (χ4v) is 5.69.